The molecule has 1 aliphatic carbocycles. The molecule has 2 fully saturated rings. The Morgan fingerprint density at radius 2 is 1.37 bits per heavy atom. The van der Waals surface area contributed by atoms with E-state index in [0.717, 1.165) is 29.2 Å². The van der Waals surface area contributed by atoms with Gasteiger partial charge < -0.3 is 62.8 Å². The largest absolute Gasteiger partial charge is 0.483 e. The minimum Gasteiger partial charge on any atom is -0.483 e. The van der Waals surface area contributed by atoms with Gasteiger partial charge in [-0.2, -0.15) is 11.8 Å². The zero-order valence-corrected chi connectivity index (χ0v) is 49.3. The smallest absolute Gasteiger partial charge is 0.334 e. The number of carboxylic acids is 2. The molecule has 452 valence electrons. The molecule has 0 bridgehead atoms. The molecule has 12 N–H and O–H groups in total. The predicted octanol–water partition coefficient (Wildman–Crippen LogP) is 6.27. The number of thioether (sulfide) groups is 2. The van der Waals surface area contributed by atoms with E-state index in [9.17, 15) is 43.8 Å². The summed E-state index contributed by atoms with van der Waals surface area (Å²) in [5.41, 5.74) is 12.6. The summed E-state index contributed by atoms with van der Waals surface area (Å²) in [5, 5.41) is 49.9. The Morgan fingerprint density at radius 1 is 0.756 bits per heavy atom. The molecule has 0 radical (unpaired) electrons. The monoisotopic (exact) mass is 1180 g/mol. The molecule has 1 saturated heterocycles. The van der Waals surface area contributed by atoms with Gasteiger partial charge in [-0.05, 0) is 80.7 Å². The summed E-state index contributed by atoms with van der Waals surface area (Å²) in [6, 6.07) is 27.2. The third-order valence-corrected chi connectivity index (χ3v) is 15.5. The number of nitrogens with two attached hydrogens (primary N) is 2. The number of carbonyl (C=O) groups is 7. The SMILES string of the molecule is C.CC(C)CC(NC(=O)C(O)C(N)c1ccccc1)C(=O)O.CSC[C@H](NC(=O)COc1cccc2ccccc12)C(=O)N[C@@H](Cc1ccccc1)[C@H](C)C(=O)N1CSC[C@H]1C(=O)NC(C)(C)C.N[C@H](CC1CCCCC1)[C@@H](O)C(=O)O. The Hall–Kier alpha value is -6.23. The first-order valence-corrected chi connectivity index (χ1v) is 30.1. The second-order valence-electron chi connectivity index (χ2n) is 22.1. The highest BCUT2D eigenvalue weighted by Crippen LogP contribution is 2.29. The number of fused-ring (bicyclic) bond motifs is 1. The van der Waals surface area contributed by atoms with Crippen molar-refractivity contribution in [2.24, 2.45) is 29.2 Å². The third-order valence-electron chi connectivity index (χ3n) is 13.8. The normalized spacial score (nSPS) is 17.2. The van der Waals surface area contributed by atoms with Crippen molar-refractivity contribution in [2.45, 2.75) is 154 Å². The van der Waals surface area contributed by atoms with Gasteiger partial charge in [-0.1, -0.05) is 157 Å². The first kappa shape index (κ1) is 70.0. The van der Waals surface area contributed by atoms with Crippen LogP contribution in [0.2, 0.25) is 0 Å². The van der Waals surface area contributed by atoms with Crippen LogP contribution in [0.5, 0.6) is 5.75 Å². The molecule has 5 amide bonds. The zero-order chi connectivity index (χ0) is 59.8. The van der Waals surface area contributed by atoms with Crippen LogP contribution in [-0.4, -0.2) is 145 Å². The Morgan fingerprint density at radius 3 is 1.96 bits per heavy atom. The number of hydrogen-bond acceptors (Lipinski definition) is 14. The van der Waals surface area contributed by atoms with Gasteiger partial charge in [0.15, 0.2) is 18.8 Å². The van der Waals surface area contributed by atoms with Gasteiger partial charge in [0.25, 0.3) is 11.8 Å². The highest BCUT2D eigenvalue weighted by atomic mass is 32.2. The van der Waals surface area contributed by atoms with Gasteiger partial charge in [0.05, 0.1) is 17.8 Å². The van der Waals surface area contributed by atoms with Crippen LogP contribution in [0.25, 0.3) is 10.8 Å². The number of nitrogens with one attached hydrogen (secondary N) is 4. The van der Waals surface area contributed by atoms with E-state index in [2.05, 4.69) is 21.3 Å². The number of aliphatic hydroxyl groups excluding tert-OH is 2. The second-order valence-corrected chi connectivity index (χ2v) is 24.0. The summed E-state index contributed by atoms with van der Waals surface area (Å²) in [7, 11) is 0. The van der Waals surface area contributed by atoms with Gasteiger partial charge in [-0.3, -0.25) is 24.0 Å². The molecular weight excluding hydrogens is 1090 g/mol. The molecule has 4 aromatic carbocycles. The van der Waals surface area contributed by atoms with Crippen molar-refractivity contribution < 1.29 is 58.7 Å². The van der Waals surface area contributed by atoms with E-state index in [4.69, 9.17) is 26.4 Å². The Bertz CT molecular complexity index is 2640. The van der Waals surface area contributed by atoms with E-state index in [1.54, 1.807) is 42.2 Å². The molecule has 3 unspecified atom stereocenters. The molecule has 1 heterocycles. The lowest BCUT2D eigenvalue weighted by Crippen LogP contribution is -2.57. The molecule has 4 aromatic rings. The highest BCUT2D eigenvalue weighted by Gasteiger charge is 2.40. The van der Waals surface area contributed by atoms with Crippen LogP contribution in [0.15, 0.2) is 103 Å². The number of benzene rings is 4. The highest BCUT2D eigenvalue weighted by molar-refractivity contribution is 7.99. The molecule has 6 rings (SSSR count). The van der Waals surface area contributed by atoms with Crippen molar-refractivity contribution in [1.29, 1.82) is 0 Å². The number of ether oxygens (including phenoxy) is 1. The number of rotatable bonds is 24. The zero-order valence-electron chi connectivity index (χ0n) is 47.6. The summed E-state index contributed by atoms with van der Waals surface area (Å²) in [6.45, 7) is 11.0. The molecule has 1 saturated carbocycles. The molecular formula is C61H89N7O12S2. The van der Waals surface area contributed by atoms with E-state index < -0.39 is 83.7 Å². The fourth-order valence-corrected chi connectivity index (χ4v) is 11.1. The summed E-state index contributed by atoms with van der Waals surface area (Å²) in [4.78, 5) is 88.8. The van der Waals surface area contributed by atoms with Gasteiger partial charge in [0.2, 0.25) is 17.7 Å². The molecule has 21 heteroatoms. The number of carbonyl (C=O) groups excluding carboxylic acids is 5. The summed E-state index contributed by atoms with van der Waals surface area (Å²) in [6.07, 6.45) is 6.22. The molecule has 2 aliphatic rings. The van der Waals surface area contributed by atoms with Crippen LogP contribution in [0.3, 0.4) is 0 Å². The molecule has 0 aromatic heterocycles. The van der Waals surface area contributed by atoms with E-state index in [1.165, 1.54) is 42.8 Å². The first-order valence-electron chi connectivity index (χ1n) is 27.5. The van der Waals surface area contributed by atoms with E-state index >= 15 is 0 Å². The topological polar surface area (TPSA) is 313 Å². The van der Waals surface area contributed by atoms with Crippen LogP contribution in [0, 0.1) is 17.8 Å². The van der Waals surface area contributed by atoms with Crippen LogP contribution in [0.4, 0.5) is 0 Å². The van der Waals surface area contributed by atoms with Crippen molar-refractivity contribution in [3.63, 3.8) is 0 Å². The number of hydrogen-bond donors (Lipinski definition) is 10. The fraction of sp³-hybridized carbons (Fsp3) is 0.525. The number of carboxylic acid groups (broad SMARTS) is 2. The second kappa shape index (κ2) is 35.0. The van der Waals surface area contributed by atoms with Crippen molar-refractivity contribution in [1.82, 2.24) is 26.2 Å². The number of nitrogens with zero attached hydrogens (tertiary/aromatic N) is 1. The summed E-state index contributed by atoms with van der Waals surface area (Å²) >= 11 is 2.97. The van der Waals surface area contributed by atoms with Gasteiger partial charge in [0.1, 0.15) is 23.9 Å². The molecule has 0 spiro atoms. The maximum atomic E-state index is 13.9. The van der Waals surface area contributed by atoms with Crippen LogP contribution in [-0.2, 0) is 40.0 Å². The maximum absolute atomic E-state index is 13.9. The molecule has 9 atom stereocenters. The average Bonchev–Trinajstić information content (AvgIpc) is 4.04. The maximum Gasteiger partial charge on any atom is 0.334 e. The first-order chi connectivity index (χ1) is 38.4. The Kier molecular flexibility index (Phi) is 29.9. The lowest BCUT2D eigenvalue weighted by atomic mass is 9.84. The predicted molar refractivity (Wildman–Crippen MR) is 325 cm³/mol. The number of amides is 5. The minimum absolute atomic E-state index is 0. The van der Waals surface area contributed by atoms with Gasteiger partial charge in [-0.15, -0.1) is 11.8 Å². The minimum atomic E-state index is -1.50. The number of aliphatic carboxylic acids is 2. The summed E-state index contributed by atoms with van der Waals surface area (Å²) < 4.78 is 5.85. The lowest BCUT2D eigenvalue weighted by molar-refractivity contribution is -0.148. The van der Waals surface area contributed by atoms with E-state index in [-0.39, 0.29) is 44.1 Å². The van der Waals surface area contributed by atoms with E-state index in [1.807, 2.05) is 114 Å². The van der Waals surface area contributed by atoms with Crippen molar-refractivity contribution in [3.8, 4) is 5.75 Å². The van der Waals surface area contributed by atoms with Gasteiger partial charge >= 0.3 is 11.9 Å². The van der Waals surface area contributed by atoms with Crippen LogP contribution >= 0.6 is 23.5 Å². The van der Waals surface area contributed by atoms with Gasteiger partial charge in [0, 0.05) is 34.5 Å². The third kappa shape index (κ3) is 23.2. The summed E-state index contributed by atoms with van der Waals surface area (Å²) in [5.74, 6) is -2.49. The molecule has 19 nitrogen and oxygen atoms in total. The quantitative estimate of drug-likeness (QED) is 0.0369. The number of aliphatic hydroxyl groups is 2. The standard InChI is InChI=1S/C35H44N4O5S2.C15H22N2O4.C10H19NO3.CH4/c1-23(34(43)39-22-46-21-29(39)33(42)38-35(2,3)4)27(18-24-12-7-6-8-13-24)37-32(41)28(20-45-5)36-31(40)19-44-30-17-11-15-25-14-9-10-16-26(25)30;1-9(2)8-11(15(20)21)17-14(19)13(18)12(16)10-6-4-3-5-7-10;11-8(9(12)10(13)14)6-7-4-2-1-3-5-7;/h6-17,23,27-29H,18-22H2,1-5H3,(H,36,40)(H,37,41)(H,38,42);3-7,9,11-13,18H,8,16H2,1-2H3,(H,17,19)(H,20,21);7-9,12H,1-6,11H2,(H,13,14);1H4/t23-,27-,28-,29-;;8-,9-;/m0.1./s1. The average molecular weight is 1180 g/mol. The van der Waals surface area contributed by atoms with E-state index in [0.29, 0.717) is 47.5 Å². The van der Waals surface area contributed by atoms with Crippen LogP contribution in [0.1, 0.15) is 111 Å². The van der Waals surface area contributed by atoms with Crippen molar-refractivity contribution in [3.05, 3.63) is 114 Å². The molecule has 82 heavy (non-hydrogen) atoms. The Labute approximate surface area is 492 Å². The van der Waals surface area contributed by atoms with Crippen molar-refractivity contribution in [2.75, 3.05) is 30.2 Å². The Balaban J connectivity index is 0.000000401. The molecule has 1 aliphatic heterocycles. The lowest BCUT2D eigenvalue weighted by Gasteiger charge is -2.32. The van der Waals surface area contributed by atoms with Crippen LogP contribution < -0.4 is 37.5 Å². The fourth-order valence-electron chi connectivity index (χ4n) is 9.41. The van der Waals surface area contributed by atoms with Crippen molar-refractivity contribution >= 4 is 75.8 Å². The van der Waals surface area contributed by atoms with Gasteiger partial charge in [-0.25, -0.2) is 9.59 Å².